The van der Waals surface area contributed by atoms with Crippen LogP contribution in [0.1, 0.15) is 66.6 Å². The summed E-state index contributed by atoms with van der Waals surface area (Å²) in [5, 5.41) is 0. The van der Waals surface area contributed by atoms with Gasteiger partial charge in [0, 0.05) is 57.4 Å². The van der Waals surface area contributed by atoms with Crippen LogP contribution in [-0.2, 0) is 17.8 Å². The van der Waals surface area contributed by atoms with Crippen molar-refractivity contribution >= 4 is 11.8 Å². The third kappa shape index (κ3) is 3.37. The molecule has 1 aliphatic carbocycles. The first-order chi connectivity index (χ1) is 14.5. The average Bonchev–Trinajstić information content (AvgIpc) is 3.60. The number of aromatic nitrogens is 1. The Hall–Kier alpha value is -2.15. The molecular weight excluding hydrogens is 380 g/mol. The number of carbonyl (C=O) groups is 2. The van der Waals surface area contributed by atoms with Gasteiger partial charge in [0.05, 0.1) is 0 Å². The highest BCUT2D eigenvalue weighted by Crippen LogP contribution is 2.35. The average molecular weight is 413 g/mol. The van der Waals surface area contributed by atoms with Crippen LogP contribution in [0, 0.1) is 5.92 Å². The van der Waals surface area contributed by atoms with Crippen LogP contribution in [0.5, 0.6) is 0 Å². The van der Waals surface area contributed by atoms with Gasteiger partial charge >= 0.3 is 0 Å². The first-order valence-electron chi connectivity index (χ1n) is 11.5. The van der Waals surface area contributed by atoms with Gasteiger partial charge in [-0.1, -0.05) is 6.92 Å². The van der Waals surface area contributed by atoms with Crippen LogP contribution in [0.25, 0.3) is 0 Å². The summed E-state index contributed by atoms with van der Waals surface area (Å²) < 4.78 is 1.78. The molecule has 7 heteroatoms. The van der Waals surface area contributed by atoms with Gasteiger partial charge in [0.2, 0.25) is 5.91 Å². The zero-order valence-electron chi connectivity index (χ0n) is 18.1. The maximum atomic E-state index is 13.8. The SMILES string of the molecule is CCC(=O)N1CCc2c(cn(C3CC3)c(=O)c2C(=O)N2C[C@H]3CC[C@@H](C2)N(C)C3)C1. The highest BCUT2D eigenvalue weighted by atomic mass is 16.2. The van der Waals surface area contributed by atoms with E-state index < -0.39 is 0 Å². The van der Waals surface area contributed by atoms with Gasteiger partial charge in [0.15, 0.2) is 0 Å². The predicted octanol–water partition coefficient (Wildman–Crippen LogP) is 1.64. The maximum Gasteiger partial charge on any atom is 0.263 e. The normalized spacial score (nSPS) is 26.5. The van der Waals surface area contributed by atoms with E-state index in [1.807, 2.05) is 22.9 Å². The zero-order chi connectivity index (χ0) is 21.0. The molecular formula is C23H32N4O3. The largest absolute Gasteiger partial charge is 0.338 e. The van der Waals surface area contributed by atoms with Crippen molar-refractivity contribution in [2.24, 2.45) is 5.92 Å². The van der Waals surface area contributed by atoms with Crippen LogP contribution >= 0.6 is 0 Å². The minimum Gasteiger partial charge on any atom is -0.338 e. The third-order valence-electron chi connectivity index (χ3n) is 7.51. The number of rotatable bonds is 3. The van der Waals surface area contributed by atoms with Crippen molar-refractivity contribution in [1.29, 1.82) is 0 Å². The van der Waals surface area contributed by atoms with Crippen LogP contribution < -0.4 is 5.56 Å². The lowest BCUT2D eigenvalue weighted by atomic mass is 9.95. The smallest absolute Gasteiger partial charge is 0.263 e. The second kappa shape index (κ2) is 7.52. The molecule has 0 spiro atoms. The number of fused-ring (bicyclic) bond motifs is 5. The number of pyridine rings is 1. The highest BCUT2D eigenvalue weighted by molar-refractivity contribution is 5.96. The van der Waals surface area contributed by atoms with Crippen LogP contribution in [-0.4, -0.2) is 70.3 Å². The van der Waals surface area contributed by atoms with Crippen LogP contribution in [0.2, 0.25) is 0 Å². The minimum absolute atomic E-state index is 0.0891. The number of hydrogen-bond acceptors (Lipinski definition) is 4. The van der Waals surface area contributed by atoms with Gasteiger partial charge in [0.1, 0.15) is 5.56 Å². The second-order valence-corrected chi connectivity index (χ2v) is 9.62. The molecule has 4 aliphatic heterocycles. The molecule has 3 saturated heterocycles. The fraction of sp³-hybridized carbons (Fsp3) is 0.696. The van der Waals surface area contributed by atoms with Crippen LogP contribution in [0.15, 0.2) is 11.0 Å². The molecule has 0 aromatic carbocycles. The number of nitrogens with zero attached hydrogens (tertiary/aromatic N) is 4. The Balaban J connectivity index is 1.53. The summed E-state index contributed by atoms with van der Waals surface area (Å²) in [4.78, 5) is 45.6. The standard InChI is InChI=1S/C23H32N4O3/c1-3-20(28)25-9-8-19-16(12-25)13-27(17-6-7-17)23(30)21(19)22(29)26-11-15-4-5-18(14-26)24(2)10-15/h13,15,17-18H,3-12,14H2,1-2H3/t15-,18-/m0/s1. The Morgan fingerprint density at radius 1 is 1.03 bits per heavy atom. The highest BCUT2D eigenvalue weighted by Gasteiger charge is 2.38. The molecule has 1 aromatic heterocycles. The van der Waals surface area contributed by atoms with Gasteiger partial charge in [-0.25, -0.2) is 0 Å². The molecule has 2 bridgehead atoms. The van der Waals surface area contributed by atoms with E-state index in [0.717, 1.165) is 49.9 Å². The summed E-state index contributed by atoms with van der Waals surface area (Å²) in [7, 11) is 2.15. The third-order valence-corrected chi connectivity index (χ3v) is 7.51. The molecule has 1 saturated carbocycles. The fourth-order valence-electron chi connectivity index (χ4n) is 5.60. The number of piperidine rings is 1. The quantitative estimate of drug-likeness (QED) is 0.757. The molecule has 0 radical (unpaired) electrons. The Morgan fingerprint density at radius 3 is 2.50 bits per heavy atom. The molecule has 0 N–H and O–H groups in total. The lowest BCUT2D eigenvalue weighted by molar-refractivity contribution is -0.131. The summed E-state index contributed by atoms with van der Waals surface area (Å²) >= 11 is 0. The summed E-state index contributed by atoms with van der Waals surface area (Å²) in [5.41, 5.74) is 2.12. The monoisotopic (exact) mass is 412 g/mol. The van der Waals surface area contributed by atoms with Crippen LogP contribution in [0.4, 0.5) is 0 Å². The van der Waals surface area contributed by atoms with Gasteiger partial charge in [-0.2, -0.15) is 0 Å². The summed E-state index contributed by atoms with van der Waals surface area (Å²) in [6.45, 7) is 5.44. The predicted molar refractivity (Wildman–Crippen MR) is 113 cm³/mol. The van der Waals surface area contributed by atoms with E-state index in [2.05, 4.69) is 11.9 Å². The van der Waals surface area contributed by atoms with Crippen molar-refractivity contribution in [3.05, 3.63) is 33.2 Å². The molecule has 5 heterocycles. The van der Waals surface area contributed by atoms with Crippen molar-refractivity contribution in [1.82, 2.24) is 19.3 Å². The van der Waals surface area contributed by atoms with E-state index in [1.54, 1.807) is 4.57 Å². The summed E-state index contributed by atoms with van der Waals surface area (Å²) in [6.07, 6.45) is 7.26. The number of likely N-dealkylation sites (N-methyl/N-ethyl adjacent to an activating group) is 1. The van der Waals surface area contributed by atoms with E-state index in [4.69, 9.17) is 0 Å². The first kappa shape index (κ1) is 19.8. The molecule has 6 rings (SSSR count). The Kier molecular flexibility index (Phi) is 4.96. The molecule has 2 atom stereocenters. The van der Waals surface area contributed by atoms with Gasteiger partial charge < -0.3 is 19.3 Å². The number of hydrogen-bond donors (Lipinski definition) is 0. The first-order valence-corrected chi connectivity index (χ1v) is 11.5. The van der Waals surface area contributed by atoms with E-state index in [-0.39, 0.29) is 23.4 Å². The lowest BCUT2D eigenvalue weighted by Crippen LogP contribution is -2.45. The Bertz CT molecular complexity index is 935. The van der Waals surface area contributed by atoms with Gasteiger partial charge in [-0.05, 0) is 56.2 Å². The van der Waals surface area contributed by atoms with Crippen molar-refractivity contribution in [3.63, 3.8) is 0 Å². The minimum atomic E-state index is -0.124. The van der Waals surface area contributed by atoms with Gasteiger partial charge in [-0.15, -0.1) is 0 Å². The topological polar surface area (TPSA) is 65.9 Å². The molecule has 0 unspecified atom stereocenters. The van der Waals surface area contributed by atoms with Crippen molar-refractivity contribution in [3.8, 4) is 0 Å². The summed E-state index contributed by atoms with van der Waals surface area (Å²) in [5.74, 6) is 0.527. The van der Waals surface area contributed by atoms with Crippen molar-refractivity contribution < 1.29 is 9.59 Å². The maximum absolute atomic E-state index is 13.8. The van der Waals surface area contributed by atoms with Crippen LogP contribution in [0.3, 0.4) is 0 Å². The fourth-order valence-corrected chi connectivity index (χ4v) is 5.60. The van der Waals surface area contributed by atoms with E-state index in [9.17, 15) is 14.4 Å². The lowest BCUT2D eigenvalue weighted by Gasteiger charge is -2.32. The molecule has 30 heavy (non-hydrogen) atoms. The number of carbonyl (C=O) groups excluding carboxylic acids is 2. The van der Waals surface area contributed by atoms with Gasteiger partial charge in [-0.3, -0.25) is 14.4 Å². The Morgan fingerprint density at radius 2 is 1.80 bits per heavy atom. The summed E-state index contributed by atoms with van der Waals surface area (Å²) in [6, 6.07) is 0.591. The number of amides is 2. The molecule has 5 aliphatic rings. The Labute approximate surface area is 177 Å². The van der Waals surface area contributed by atoms with Crippen molar-refractivity contribution in [2.75, 3.05) is 33.2 Å². The van der Waals surface area contributed by atoms with Crippen molar-refractivity contribution in [2.45, 2.75) is 64.1 Å². The molecule has 7 nitrogen and oxygen atoms in total. The molecule has 2 amide bonds. The van der Waals surface area contributed by atoms with E-state index in [0.29, 0.717) is 50.0 Å². The van der Waals surface area contributed by atoms with Gasteiger partial charge in [0.25, 0.3) is 11.5 Å². The van der Waals surface area contributed by atoms with E-state index >= 15 is 0 Å². The zero-order valence-corrected chi connectivity index (χ0v) is 18.1. The molecule has 162 valence electrons. The molecule has 1 aromatic rings. The second-order valence-electron chi connectivity index (χ2n) is 9.62. The van der Waals surface area contributed by atoms with E-state index in [1.165, 1.54) is 0 Å². The molecule has 4 fully saturated rings.